The van der Waals surface area contributed by atoms with E-state index in [2.05, 4.69) is 275 Å². The van der Waals surface area contributed by atoms with Crippen molar-refractivity contribution in [2.45, 2.75) is 27.7 Å². The van der Waals surface area contributed by atoms with Gasteiger partial charge in [0, 0.05) is 90.6 Å². The van der Waals surface area contributed by atoms with Crippen LogP contribution in [0, 0.1) is 0 Å². The summed E-state index contributed by atoms with van der Waals surface area (Å²) in [6, 6.07) is 88.0. The highest BCUT2D eigenvalue weighted by molar-refractivity contribution is 6.21. The average molecular weight is 955 g/mol. The van der Waals surface area contributed by atoms with Gasteiger partial charge in [-0.25, -0.2) is 0 Å². The van der Waals surface area contributed by atoms with E-state index in [1.54, 1.807) is 0 Å². The minimum Gasteiger partial charge on any atom is -0.344 e. The molecule has 0 atom stereocenters. The molecule has 358 valence electrons. The Morgan fingerprint density at radius 3 is 1.22 bits per heavy atom. The van der Waals surface area contributed by atoms with E-state index in [1.807, 2.05) is 27.7 Å². The van der Waals surface area contributed by atoms with Crippen LogP contribution in [-0.4, -0.2) is 18.3 Å². The molecule has 0 bridgehead atoms. The van der Waals surface area contributed by atoms with Gasteiger partial charge in [-0.3, -0.25) is 0 Å². The number of fused-ring (bicyclic) bond motifs is 14. The Kier molecular flexibility index (Phi) is 11.9. The third-order valence-electron chi connectivity index (χ3n) is 14.9. The largest absolute Gasteiger partial charge is 0.344 e. The maximum Gasteiger partial charge on any atom is 0.0547 e. The van der Waals surface area contributed by atoms with E-state index in [4.69, 9.17) is 0 Å². The highest BCUT2D eigenvalue weighted by Gasteiger charge is 2.17. The monoisotopic (exact) mass is 954 g/mol. The molecule has 4 heteroatoms. The maximum absolute atomic E-state index is 2.38. The Labute approximate surface area is 432 Å². The van der Waals surface area contributed by atoms with Crippen LogP contribution in [0.25, 0.3) is 132 Å². The Hall–Kier alpha value is -9.12. The Balaban J connectivity index is 0.000000142. The van der Waals surface area contributed by atoms with Crippen molar-refractivity contribution in [3.8, 4) is 33.6 Å². The fourth-order valence-electron chi connectivity index (χ4n) is 11.5. The number of aryl methyl sites for hydroxylation is 2. The molecular weight excluding hydrogens is 897 g/mol. The molecule has 0 aliphatic heterocycles. The van der Waals surface area contributed by atoms with Gasteiger partial charge in [-0.15, -0.1) is 0 Å². The standard InChI is InChI=1S/C35H24N2.C31H22N2.2C2H6/c1-36-31-18-16-25(22-30(31)35-27-12-6-5-9-23(27)15-20-34(35)36)24-17-19-33-29(21-24)28-13-7-8-14-32(28)37(33)26-10-3-2-4-11-26;1-32-28-13-7-5-11-24(28)26-17-15-21(19-30(26)32)22-16-18-27-25-12-6-8-14-29(25)33(31(27)20-22)23-9-3-2-4-10-23;2*1-2/h2-22H,1H3;2-20H,1H3;2*1-2H3. The Bertz CT molecular complexity index is 4540. The molecule has 4 nitrogen and oxygen atoms in total. The van der Waals surface area contributed by atoms with Gasteiger partial charge in [0.15, 0.2) is 0 Å². The summed E-state index contributed by atoms with van der Waals surface area (Å²) in [7, 11) is 4.33. The van der Waals surface area contributed by atoms with E-state index in [0.29, 0.717) is 0 Å². The third-order valence-corrected chi connectivity index (χ3v) is 14.9. The van der Waals surface area contributed by atoms with Crippen molar-refractivity contribution in [3.05, 3.63) is 243 Å². The molecule has 0 radical (unpaired) electrons. The molecule has 0 saturated heterocycles. The zero-order valence-electron chi connectivity index (χ0n) is 42.9. The number of aromatic nitrogens is 4. The molecule has 0 fully saturated rings. The fourth-order valence-corrected chi connectivity index (χ4v) is 11.5. The molecule has 74 heavy (non-hydrogen) atoms. The van der Waals surface area contributed by atoms with Gasteiger partial charge in [-0.2, -0.15) is 0 Å². The van der Waals surface area contributed by atoms with Crippen LogP contribution in [-0.2, 0) is 14.1 Å². The topological polar surface area (TPSA) is 19.7 Å². The zero-order valence-corrected chi connectivity index (χ0v) is 42.9. The van der Waals surface area contributed by atoms with Crippen molar-refractivity contribution in [2.24, 2.45) is 14.1 Å². The van der Waals surface area contributed by atoms with Gasteiger partial charge in [-0.05, 0) is 118 Å². The SMILES string of the molecule is CC.CC.Cn1c2ccc(-c3ccc4c(c3)c3ccccc3n4-c3ccccc3)cc2c2c3ccccc3ccc21.Cn1c2ccccc2c2ccc(-c3ccc4c5ccccc5n(-c5ccccc5)c4c3)cc21. The summed E-state index contributed by atoms with van der Waals surface area (Å²) in [4.78, 5) is 0. The first kappa shape index (κ1) is 46.0. The van der Waals surface area contributed by atoms with Gasteiger partial charge in [0.1, 0.15) is 0 Å². The molecule has 0 saturated carbocycles. The first-order valence-corrected chi connectivity index (χ1v) is 26.1. The Morgan fingerprint density at radius 2 is 0.595 bits per heavy atom. The summed E-state index contributed by atoms with van der Waals surface area (Å²) in [5, 5.41) is 13.0. The summed E-state index contributed by atoms with van der Waals surface area (Å²) in [6.07, 6.45) is 0. The molecule has 0 amide bonds. The fraction of sp³-hybridized carbons (Fsp3) is 0.0857. The van der Waals surface area contributed by atoms with Crippen LogP contribution >= 0.6 is 0 Å². The van der Waals surface area contributed by atoms with E-state index in [1.165, 1.54) is 132 Å². The first-order valence-electron chi connectivity index (χ1n) is 26.1. The molecule has 11 aromatic carbocycles. The molecular formula is C70H58N4. The van der Waals surface area contributed by atoms with E-state index in [0.717, 1.165) is 0 Å². The van der Waals surface area contributed by atoms with Crippen molar-refractivity contribution in [1.82, 2.24) is 18.3 Å². The predicted octanol–water partition coefficient (Wildman–Crippen LogP) is 19.4. The number of hydrogen-bond acceptors (Lipinski definition) is 0. The molecule has 4 aromatic heterocycles. The number of hydrogen-bond donors (Lipinski definition) is 0. The van der Waals surface area contributed by atoms with E-state index >= 15 is 0 Å². The quantitative estimate of drug-likeness (QED) is 0.168. The number of nitrogens with zero attached hydrogens (tertiary/aromatic N) is 4. The summed E-state index contributed by atoms with van der Waals surface area (Å²) in [6.45, 7) is 8.00. The molecule has 0 N–H and O–H groups in total. The van der Waals surface area contributed by atoms with E-state index in [9.17, 15) is 0 Å². The lowest BCUT2D eigenvalue weighted by Gasteiger charge is -2.09. The first-order chi connectivity index (χ1) is 36.6. The molecule has 4 heterocycles. The van der Waals surface area contributed by atoms with Gasteiger partial charge < -0.3 is 18.3 Å². The summed E-state index contributed by atoms with van der Waals surface area (Å²) < 4.78 is 9.36. The second kappa shape index (κ2) is 19.1. The summed E-state index contributed by atoms with van der Waals surface area (Å²) in [5.74, 6) is 0. The van der Waals surface area contributed by atoms with Crippen molar-refractivity contribution >= 4 is 98.0 Å². The van der Waals surface area contributed by atoms with Gasteiger partial charge in [-0.1, -0.05) is 185 Å². The molecule has 0 aliphatic rings. The number of para-hydroxylation sites is 5. The van der Waals surface area contributed by atoms with Gasteiger partial charge in [0.2, 0.25) is 0 Å². The predicted molar refractivity (Wildman–Crippen MR) is 321 cm³/mol. The lowest BCUT2D eigenvalue weighted by molar-refractivity contribution is 1.01. The van der Waals surface area contributed by atoms with Crippen LogP contribution in [0.1, 0.15) is 27.7 Å². The van der Waals surface area contributed by atoms with Crippen LogP contribution in [0.2, 0.25) is 0 Å². The second-order valence-corrected chi connectivity index (χ2v) is 18.6. The smallest absolute Gasteiger partial charge is 0.0547 e. The molecule has 0 spiro atoms. The molecule has 0 aliphatic carbocycles. The number of benzene rings is 11. The van der Waals surface area contributed by atoms with Crippen molar-refractivity contribution < 1.29 is 0 Å². The van der Waals surface area contributed by atoms with E-state index < -0.39 is 0 Å². The lowest BCUT2D eigenvalue weighted by atomic mass is 9.99. The van der Waals surface area contributed by atoms with E-state index in [-0.39, 0.29) is 0 Å². The zero-order chi connectivity index (χ0) is 50.5. The van der Waals surface area contributed by atoms with Crippen LogP contribution in [0.4, 0.5) is 0 Å². The summed E-state index contributed by atoms with van der Waals surface area (Å²) in [5.41, 5.74) is 17.3. The van der Waals surface area contributed by atoms with Gasteiger partial charge in [0.05, 0.1) is 22.1 Å². The maximum atomic E-state index is 2.38. The number of rotatable bonds is 4. The van der Waals surface area contributed by atoms with Crippen LogP contribution in [0.15, 0.2) is 243 Å². The van der Waals surface area contributed by atoms with Crippen LogP contribution in [0.3, 0.4) is 0 Å². The minimum absolute atomic E-state index is 1.19. The second-order valence-electron chi connectivity index (χ2n) is 18.6. The minimum atomic E-state index is 1.19. The highest BCUT2D eigenvalue weighted by Crippen LogP contribution is 2.40. The highest BCUT2D eigenvalue weighted by atomic mass is 15.0. The van der Waals surface area contributed by atoms with Crippen LogP contribution < -0.4 is 0 Å². The molecule has 15 aromatic rings. The van der Waals surface area contributed by atoms with Crippen molar-refractivity contribution in [1.29, 1.82) is 0 Å². The molecule has 0 unspecified atom stereocenters. The Morgan fingerprint density at radius 1 is 0.230 bits per heavy atom. The lowest BCUT2D eigenvalue weighted by Crippen LogP contribution is -1.93. The molecule has 15 rings (SSSR count). The van der Waals surface area contributed by atoms with Crippen molar-refractivity contribution in [3.63, 3.8) is 0 Å². The van der Waals surface area contributed by atoms with Gasteiger partial charge >= 0.3 is 0 Å². The normalized spacial score (nSPS) is 11.4. The van der Waals surface area contributed by atoms with Gasteiger partial charge in [0.25, 0.3) is 0 Å². The van der Waals surface area contributed by atoms with Crippen LogP contribution in [0.5, 0.6) is 0 Å². The van der Waals surface area contributed by atoms with Crippen molar-refractivity contribution in [2.75, 3.05) is 0 Å². The summed E-state index contributed by atoms with van der Waals surface area (Å²) >= 11 is 0. The average Bonchev–Trinajstić information content (AvgIpc) is 4.18. The third kappa shape index (κ3) is 7.44.